The van der Waals surface area contributed by atoms with Gasteiger partial charge in [-0.3, -0.25) is 10.1 Å². The molecule has 0 saturated carbocycles. The van der Waals surface area contributed by atoms with Crippen LogP contribution in [0.25, 0.3) is 10.9 Å². The number of fused-ring (bicyclic) bond motifs is 1. The molecule has 1 aromatic carbocycles. The van der Waals surface area contributed by atoms with E-state index in [1.54, 1.807) is 26.0 Å². The Labute approximate surface area is 153 Å². The van der Waals surface area contributed by atoms with Crippen LogP contribution in [0, 0.1) is 6.92 Å². The van der Waals surface area contributed by atoms with E-state index in [2.05, 4.69) is 15.4 Å². The van der Waals surface area contributed by atoms with Crippen molar-refractivity contribution in [1.29, 1.82) is 0 Å². The number of nitrogens with one attached hydrogen (secondary N) is 2. The Morgan fingerprint density at radius 2 is 1.89 bits per heavy atom. The van der Waals surface area contributed by atoms with Gasteiger partial charge in [0.1, 0.15) is 5.69 Å². The maximum absolute atomic E-state index is 12.9. The maximum atomic E-state index is 12.9. The zero-order valence-electron chi connectivity index (χ0n) is 14.7. The summed E-state index contributed by atoms with van der Waals surface area (Å²) >= 11 is 0. The van der Waals surface area contributed by atoms with Gasteiger partial charge in [0.25, 0.3) is 0 Å². The molecule has 0 atom stereocenters. The largest absolute Gasteiger partial charge is 0.433 e. The summed E-state index contributed by atoms with van der Waals surface area (Å²) in [5.41, 5.74) is -0.110. The molecular formula is C17H17F3N4O2S. The van der Waals surface area contributed by atoms with Crippen molar-refractivity contribution in [3.63, 3.8) is 0 Å². The number of sulfone groups is 1. The lowest BCUT2D eigenvalue weighted by molar-refractivity contribution is -0.141. The van der Waals surface area contributed by atoms with Crippen LogP contribution in [-0.2, 0) is 16.0 Å². The number of pyridine rings is 1. The quantitative estimate of drug-likeness (QED) is 0.687. The number of aromatic amines is 1. The molecule has 0 amide bonds. The van der Waals surface area contributed by atoms with Crippen LogP contribution < -0.4 is 5.32 Å². The molecule has 0 aliphatic rings. The molecule has 3 aromatic rings. The molecule has 6 nitrogen and oxygen atoms in total. The molecular weight excluding hydrogens is 381 g/mol. The molecule has 0 aliphatic heterocycles. The number of benzene rings is 1. The van der Waals surface area contributed by atoms with E-state index in [0.29, 0.717) is 16.6 Å². The highest BCUT2D eigenvalue weighted by Crippen LogP contribution is 2.35. The Bertz CT molecular complexity index is 1110. The molecule has 0 bridgehead atoms. The SMILES string of the molecule is Cc1c(Nc2ccnc3ccc(S(=O)(=O)C(C)C)cc23)n[nH]c1C(F)(F)F. The predicted molar refractivity (Wildman–Crippen MR) is 95.7 cm³/mol. The summed E-state index contributed by atoms with van der Waals surface area (Å²) in [7, 11) is -3.51. The fourth-order valence-electron chi connectivity index (χ4n) is 2.61. The van der Waals surface area contributed by atoms with E-state index in [1.165, 1.54) is 25.3 Å². The van der Waals surface area contributed by atoms with Gasteiger partial charge in [0, 0.05) is 17.1 Å². The fraction of sp³-hybridized carbons (Fsp3) is 0.294. The Kier molecular flexibility index (Phi) is 4.62. The van der Waals surface area contributed by atoms with Gasteiger partial charge >= 0.3 is 6.18 Å². The number of H-pyrrole nitrogens is 1. The van der Waals surface area contributed by atoms with Crippen molar-refractivity contribution in [2.75, 3.05) is 5.32 Å². The van der Waals surface area contributed by atoms with E-state index in [-0.39, 0.29) is 16.3 Å². The van der Waals surface area contributed by atoms with Crippen molar-refractivity contribution in [2.45, 2.75) is 37.1 Å². The van der Waals surface area contributed by atoms with Crippen LogP contribution in [0.5, 0.6) is 0 Å². The first-order chi connectivity index (χ1) is 12.5. The summed E-state index contributed by atoms with van der Waals surface area (Å²) in [6.07, 6.45) is -3.07. The van der Waals surface area contributed by atoms with Crippen molar-refractivity contribution < 1.29 is 21.6 Å². The average Bonchev–Trinajstić information content (AvgIpc) is 2.95. The normalized spacial score (nSPS) is 12.7. The summed E-state index contributed by atoms with van der Waals surface area (Å²) in [6, 6.07) is 6.05. The molecule has 10 heteroatoms. The summed E-state index contributed by atoms with van der Waals surface area (Å²) in [5.74, 6) is 0.00643. The number of rotatable bonds is 4. The molecule has 0 spiro atoms. The van der Waals surface area contributed by atoms with E-state index in [9.17, 15) is 21.6 Å². The number of hydrogen-bond donors (Lipinski definition) is 2. The number of alkyl halides is 3. The van der Waals surface area contributed by atoms with E-state index in [0.717, 1.165) is 0 Å². The zero-order valence-corrected chi connectivity index (χ0v) is 15.5. The molecule has 0 saturated heterocycles. The third-order valence-electron chi connectivity index (χ3n) is 4.21. The van der Waals surface area contributed by atoms with Gasteiger partial charge in [-0.05, 0) is 45.0 Å². The zero-order chi connectivity index (χ0) is 20.0. The van der Waals surface area contributed by atoms with Gasteiger partial charge in [-0.2, -0.15) is 18.3 Å². The van der Waals surface area contributed by atoms with Gasteiger partial charge in [-0.1, -0.05) is 0 Å². The van der Waals surface area contributed by atoms with Gasteiger partial charge in [0.15, 0.2) is 15.7 Å². The first-order valence-electron chi connectivity index (χ1n) is 8.03. The minimum absolute atomic E-state index is 0.00643. The molecule has 144 valence electrons. The molecule has 2 N–H and O–H groups in total. The average molecular weight is 398 g/mol. The van der Waals surface area contributed by atoms with Gasteiger partial charge < -0.3 is 5.32 Å². The van der Waals surface area contributed by atoms with E-state index >= 15 is 0 Å². The number of hydrogen-bond acceptors (Lipinski definition) is 5. The summed E-state index contributed by atoms with van der Waals surface area (Å²) in [4.78, 5) is 4.30. The summed E-state index contributed by atoms with van der Waals surface area (Å²) in [5, 5.41) is 8.37. The topological polar surface area (TPSA) is 87.7 Å². The molecule has 0 unspecified atom stereocenters. The van der Waals surface area contributed by atoms with Gasteiger partial charge in [-0.25, -0.2) is 8.42 Å². The maximum Gasteiger partial charge on any atom is 0.433 e. The minimum atomic E-state index is -4.55. The predicted octanol–water partition coefficient (Wildman–Crippen LogP) is 4.21. The van der Waals surface area contributed by atoms with Crippen molar-refractivity contribution in [3.8, 4) is 0 Å². The second-order valence-electron chi connectivity index (χ2n) is 6.33. The lowest BCUT2D eigenvalue weighted by atomic mass is 10.2. The van der Waals surface area contributed by atoms with E-state index in [4.69, 9.17) is 0 Å². The van der Waals surface area contributed by atoms with Gasteiger partial charge in [-0.15, -0.1) is 0 Å². The standard InChI is InChI=1S/C17H17F3N4O2S/c1-9(2)27(25,26)11-4-5-13-12(8-11)14(6-7-21-13)22-16-10(3)15(23-24-16)17(18,19)20/h4-9H,1-3H3,(H2,21,22,23,24). The monoisotopic (exact) mass is 398 g/mol. The molecule has 0 fully saturated rings. The van der Waals surface area contributed by atoms with Crippen LogP contribution in [0.2, 0.25) is 0 Å². The highest BCUT2D eigenvalue weighted by atomic mass is 32.2. The van der Waals surface area contributed by atoms with Crippen LogP contribution in [0.4, 0.5) is 24.7 Å². The molecule has 0 aliphatic carbocycles. The van der Waals surface area contributed by atoms with Crippen molar-refractivity contribution in [2.24, 2.45) is 0 Å². The lowest BCUT2D eigenvalue weighted by Gasteiger charge is -2.12. The van der Waals surface area contributed by atoms with Crippen LogP contribution in [0.1, 0.15) is 25.1 Å². The Morgan fingerprint density at radius 1 is 1.19 bits per heavy atom. The van der Waals surface area contributed by atoms with Crippen molar-refractivity contribution in [3.05, 3.63) is 41.7 Å². The Balaban J connectivity index is 2.09. The van der Waals surface area contributed by atoms with Gasteiger partial charge in [0.2, 0.25) is 0 Å². The number of nitrogens with zero attached hydrogens (tertiary/aromatic N) is 2. The fourth-order valence-corrected chi connectivity index (χ4v) is 3.69. The minimum Gasteiger partial charge on any atom is -0.338 e. The Hall–Kier alpha value is -2.62. The second-order valence-corrected chi connectivity index (χ2v) is 8.83. The molecule has 0 radical (unpaired) electrons. The van der Waals surface area contributed by atoms with Gasteiger partial charge in [0.05, 0.1) is 21.3 Å². The molecule has 27 heavy (non-hydrogen) atoms. The third kappa shape index (κ3) is 3.48. The molecule has 3 rings (SSSR count). The van der Waals surface area contributed by atoms with Crippen molar-refractivity contribution in [1.82, 2.24) is 15.2 Å². The van der Waals surface area contributed by atoms with Crippen LogP contribution in [0.3, 0.4) is 0 Å². The summed E-state index contributed by atoms with van der Waals surface area (Å²) < 4.78 is 63.7. The van der Waals surface area contributed by atoms with E-state index < -0.39 is 27.0 Å². The molecule has 2 aromatic heterocycles. The van der Waals surface area contributed by atoms with E-state index in [1.807, 2.05) is 5.10 Å². The number of aromatic nitrogens is 3. The smallest absolute Gasteiger partial charge is 0.338 e. The number of halogens is 3. The lowest BCUT2D eigenvalue weighted by Crippen LogP contribution is -2.13. The highest BCUT2D eigenvalue weighted by Gasteiger charge is 2.36. The third-order valence-corrected chi connectivity index (χ3v) is 6.36. The second kappa shape index (κ2) is 6.52. The number of anilines is 2. The first-order valence-corrected chi connectivity index (χ1v) is 9.58. The first kappa shape index (κ1) is 19.2. The van der Waals surface area contributed by atoms with Crippen LogP contribution in [-0.4, -0.2) is 28.8 Å². The molecule has 2 heterocycles. The van der Waals surface area contributed by atoms with Crippen LogP contribution >= 0.6 is 0 Å². The van der Waals surface area contributed by atoms with Crippen LogP contribution in [0.15, 0.2) is 35.4 Å². The Morgan fingerprint density at radius 3 is 2.48 bits per heavy atom. The highest BCUT2D eigenvalue weighted by molar-refractivity contribution is 7.92. The van der Waals surface area contributed by atoms with Crippen molar-refractivity contribution >= 4 is 32.2 Å². The summed E-state index contributed by atoms with van der Waals surface area (Å²) in [6.45, 7) is 4.45.